The first kappa shape index (κ1) is 23.9. The monoisotopic (exact) mass is 506 g/mol. The van der Waals surface area contributed by atoms with E-state index in [1.807, 2.05) is 62.4 Å². The smallest absolute Gasteiger partial charge is 0.243 e. The van der Waals surface area contributed by atoms with Crippen LogP contribution in [0.3, 0.4) is 0 Å². The summed E-state index contributed by atoms with van der Waals surface area (Å²) >= 11 is 6.73. The fourth-order valence-corrected chi connectivity index (χ4v) is 2.86. The van der Waals surface area contributed by atoms with Crippen molar-refractivity contribution in [3.63, 3.8) is 0 Å². The summed E-state index contributed by atoms with van der Waals surface area (Å²) in [4.78, 5) is 22.2. The van der Waals surface area contributed by atoms with Gasteiger partial charge in [-0.3, -0.25) is 9.59 Å². The molecule has 0 radical (unpaired) electrons. The molecule has 0 fully saturated rings. The second kappa shape index (κ2) is 13.9. The number of hydrogen-bond acceptors (Lipinski definition) is 2. The van der Waals surface area contributed by atoms with Crippen molar-refractivity contribution in [2.45, 2.75) is 13.8 Å². The summed E-state index contributed by atoms with van der Waals surface area (Å²) in [6.07, 6.45) is 6.64. The Balaban J connectivity index is 0.000000280. The number of benzene rings is 2. The lowest BCUT2D eigenvalue weighted by molar-refractivity contribution is -0.117. The molecule has 0 atom stereocenters. The maximum atomic E-state index is 11.1. The first-order valence-electron chi connectivity index (χ1n) is 8.87. The number of carbonyl (C=O) groups excluding carboxylic acids is 2. The number of hydrogen-bond donors (Lipinski definition) is 2. The van der Waals surface area contributed by atoms with E-state index < -0.39 is 0 Å². The van der Waals surface area contributed by atoms with Crippen LogP contribution in [0.15, 0.2) is 69.6 Å². The quantitative estimate of drug-likeness (QED) is 0.528. The van der Waals surface area contributed by atoms with Crippen LogP contribution >= 0.6 is 31.9 Å². The van der Waals surface area contributed by atoms with E-state index in [4.69, 9.17) is 0 Å². The van der Waals surface area contributed by atoms with Crippen LogP contribution in [0, 0.1) is 0 Å². The molecule has 0 aliphatic rings. The van der Waals surface area contributed by atoms with Crippen molar-refractivity contribution in [3.05, 3.63) is 80.8 Å². The normalized spacial score (nSPS) is 10.4. The lowest BCUT2D eigenvalue weighted by Crippen LogP contribution is -2.19. The van der Waals surface area contributed by atoms with Gasteiger partial charge in [-0.2, -0.15) is 0 Å². The lowest BCUT2D eigenvalue weighted by atomic mass is 10.2. The zero-order valence-electron chi connectivity index (χ0n) is 15.9. The Morgan fingerprint density at radius 1 is 0.786 bits per heavy atom. The number of carbonyl (C=O) groups is 2. The highest BCUT2D eigenvalue weighted by Crippen LogP contribution is 2.13. The zero-order chi connectivity index (χ0) is 20.8. The molecule has 4 nitrogen and oxygen atoms in total. The van der Waals surface area contributed by atoms with Crippen LogP contribution < -0.4 is 10.6 Å². The molecule has 148 valence electrons. The Labute approximate surface area is 183 Å². The third-order valence-corrected chi connectivity index (χ3v) is 4.24. The molecule has 0 bridgehead atoms. The molecule has 2 aromatic carbocycles. The van der Waals surface area contributed by atoms with Crippen molar-refractivity contribution in [2.75, 3.05) is 13.1 Å². The second-order valence-corrected chi connectivity index (χ2v) is 7.40. The topological polar surface area (TPSA) is 58.2 Å². The molecule has 2 amide bonds. The highest BCUT2D eigenvalue weighted by atomic mass is 79.9. The molecule has 0 heterocycles. The van der Waals surface area contributed by atoms with E-state index in [-0.39, 0.29) is 11.8 Å². The van der Waals surface area contributed by atoms with Crippen LogP contribution in [-0.4, -0.2) is 24.9 Å². The maximum absolute atomic E-state index is 11.1. The molecule has 2 aromatic rings. The van der Waals surface area contributed by atoms with Gasteiger partial charge in [-0.15, -0.1) is 0 Å². The molecule has 28 heavy (non-hydrogen) atoms. The van der Waals surface area contributed by atoms with Crippen LogP contribution in [0.25, 0.3) is 12.2 Å². The van der Waals surface area contributed by atoms with E-state index in [0.29, 0.717) is 13.1 Å². The van der Waals surface area contributed by atoms with E-state index in [1.54, 1.807) is 12.2 Å². The van der Waals surface area contributed by atoms with Crippen molar-refractivity contribution in [2.24, 2.45) is 0 Å². The van der Waals surface area contributed by atoms with Gasteiger partial charge < -0.3 is 10.6 Å². The number of rotatable bonds is 6. The molecule has 0 aromatic heterocycles. The summed E-state index contributed by atoms with van der Waals surface area (Å²) in [5.41, 5.74) is 2.01. The summed E-state index contributed by atoms with van der Waals surface area (Å²) in [5.74, 6) is -0.125. The summed E-state index contributed by atoms with van der Waals surface area (Å²) < 4.78 is 2.02. The molecule has 0 spiro atoms. The van der Waals surface area contributed by atoms with E-state index in [2.05, 4.69) is 42.5 Å². The Bertz CT molecular complexity index is 763. The van der Waals surface area contributed by atoms with Gasteiger partial charge in [0.1, 0.15) is 0 Å². The maximum Gasteiger partial charge on any atom is 0.243 e. The minimum absolute atomic E-state index is 0.0625. The fraction of sp³-hybridized carbons (Fsp3) is 0.182. The minimum atomic E-state index is -0.0625. The van der Waals surface area contributed by atoms with Gasteiger partial charge in [-0.25, -0.2) is 0 Å². The number of amides is 2. The van der Waals surface area contributed by atoms with Crippen molar-refractivity contribution in [1.29, 1.82) is 0 Å². The van der Waals surface area contributed by atoms with Crippen LogP contribution in [-0.2, 0) is 9.59 Å². The van der Waals surface area contributed by atoms with Crippen molar-refractivity contribution in [1.82, 2.24) is 10.6 Å². The average Bonchev–Trinajstić information content (AvgIpc) is 2.66. The highest BCUT2D eigenvalue weighted by molar-refractivity contribution is 9.10. The Kier molecular flexibility index (Phi) is 11.9. The summed E-state index contributed by atoms with van der Waals surface area (Å²) in [6, 6.07) is 15.6. The van der Waals surface area contributed by atoms with Crippen molar-refractivity contribution >= 4 is 55.8 Å². The molecule has 6 heteroatoms. The number of nitrogens with one attached hydrogen (secondary N) is 2. The van der Waals surface area contributed by atoms with Gasteiger partial charge in [0.05, 0.1) is 0 Å². The second-order valence-electron chi connectivity index (χ2n) is 5.57. The molecule has 2 N–H and O–H groups in total. The zero-order valence-corrected chi connectivity index (χ0v) is 19.1. The van der Waals surface area contributed by atoms with Gasteiger partial charge in [0, 0.05) is 34.2 Å². The van der Waals surface area contributed by atoms with E-state index >= 15 is 0 Å². The van der Waals surface area contributed by atoms with E-state index in [9.17, 15) is 9.59 Å². The van der Waals surface area contributed by atoms with Gasteiger partial charge in [-0.05, 0) is 61.4 Å². The first-order chi connectivity index (χ1) is 13.4. The lowest BCUT2D eigenvalue weighted by Gasteiger charge is -1.96. The molecule has 0 unspecified atom stereocenters. The van der Waals surface area contributed by atoms with E-state index in [0.717, 1.165) is 20.1 Å². The SMILES string of the molecule is CCNC(=O)/C=C/c1cccc(Br)c1.CCNC(=O)/C=C/c1cccc(Br)c1. The predicted molar refractivity (Wildman–Crippen MR) is 124 cm³/mol. The summed E-state index contributed by atoms with van der Waals surface area (Å²) in [6.45, 7) is 5.10. The van der Waals surface area contributed by atoms with Crippen LogP contribution in [0.5, 0.6) is 0 Å². The standard InChI is InChI=1S/2C11H12BrNO/c2*1-2-13-11(14)7-6-9-4-3-5-10(12)8-9/h2*3-8H,2H2,1H3,(H,13,14)/b2*7-6+. The van der Waals surface area contributed by atoms with Crippen molar-refractivity contribution < 1.29 is 9.59 Å². The molecular weight excluding hydrogens is 484 g/mol. The Morgan fingerprint density at radius 3 is 1.50 bits per heavy atom. The van der Waals surface area contributed by atoms with Gasteiger partial charge >= 0.3 is 0 Å². The fourth-order valence-electron chi connectivity index (χ4n) is 2.03. The average molecular weight is 508 g/mol. The number of likely N-dealkylation sites (N-methyl/N-ethyl adjacent to an activating group) is 2. The number of halogens is 2. The summed E-state index contributed by atoms with van der Waals surface area (Å²) in [7, 11) is 0. The van der Waals surface area contributed by atoms with Gasteiger partial charge in [0.2, 0.25) is 11.8 Å². The van der Waals surface area contributed by atoms with Gasteiger partial charge in [-0.1, -0.05) is 56.1 Å². The largest absolute Gasteiger partial charge is 0.353 e. The first-order valence-corrected chi connectivity index (χ1v) is 10.5. The van der Waals surface area contributed by atoms with Crippen LogP contribution in [0.1, 0.15) is 25.0 Å². The van der Waals surface area contributed by atoms with Gasteiger partial charge in [0.25, 0.3) is 0 Å². The van der Waals surface area contributed by atoms with Crippen LogP contribution in [0.4, 0.5) is 0 Å². The van der Waals surface area contributed by atoms with Crippen molar-refractivity contribution in [3.8, 4) is 0 Å². The Morgan fingerprint density at radius 2 is 1.18 bits per heavy atom. The molecule has 0 saturated heterocycles. The molecule has 2 rings (SSSR count). The van der Waals surface area contributed by atoms with E-state index in [1.165, 1.54) is 12.2 Å². The molecule has 0 saturated carbocycles. The minimum Gasteiger partial charge on any atom is -0.353 e. The highest BCUT2D eigenvalue weighted by Gasteiger charge is 1.93. The third kappa shape index (κ3) is 10.8. The molecule has 0 aliphatic heterocycles. The third-order valence-electron chi connectivity index (χ3n) is 3.25. The predicted octanol–water partition coefficient (Wildman–Crippen LogP) is 5.20. The molecular formula is C22H24Br2N2O2. The van der Waals surface area contributed by atoms with Crippen LogP contribution in [0.2, 0.25) is 0 Å². The Hall–Kier alpha value is -2.18. The molecule has 0 aliphatic carbocycles. The van der Waals surface area contributed by atoms with Gasteiger partial charge in [0.15, 0.2) is 0 Å². The summed E-state index contributed by atoms with van der Waals surface area (Å²) in [5, 5.41) is 5.39.